The molecule has 0 aromatic heterocycles. The molecule has 0 aliphatic heterocycles. The van der Waals surface area contributed by atoms with Gasteiger partial charge < -0.3 is 9.94 Å². The molecular weight excluding hydrogens is 182 g/mol. The predicted molar refractivity (Wildman–Crippen MR) is 53.1 cm³/mol. The third kappa shape index (κ3) is 3.89. The fourth-order valence-corrected chi connectivity index (χ4v) is 1.15. The van der Waals surface area contributed by atoms with Gasteiger partial charge >= 0.3 is 5.97 Å². The number of rotatable bonds is 4. The number of carboxylic acids is 1. The Morgan fingerprint density at radius 2 is 2.64 bits per heavy atom. The predicted octanol–water partition coefficient (Wildman–Crippen LogP) is 1.60. The molecule has 0 aromatic rings. The summed E-state index contributed by atoms with van der Waals surface area (Å²) < 4.78 is 0. The Labute approximate surface area is 82.6 Å². The van der Waals surface area contributed by atoms with E-state index in [4.69, 9.17) is 5.11 Å². The number of nitrogens with zero attached hydrogens (tertiary/aromatic N) is 1. The van der Waals surface area contributed by atoms with Gasteiger partial charge in [-0.1, -0.05) is 30.3 Å². The van der Waals surface area contributed by atoms with Crippen LogP contribution in [-0.4, -0.2) is 23.9 Å². The maximum atomic E-state index is 10.1. The highest BCUT2D eigenvalue weighted by Crippen LogP contribution is 2.14. The molecule has 0 saturated heterocycles. The molecular formula is C10H13NO3. The van der Waals surface area contributed by atoms with Gasteiger partial charge in [0.2, 0.25) is 6.61 Å². The molecule has 1 aliphatic rings. The molecule has 0 heterocycles. The van der Waals surface area contributed by atoms with Gasteiger partial charge in [-0.05, 0) is 17.9 Å². The lowest BCUT2D eigenvalue weighted by Gasteiger charge is -2.07. The Morgan fingerprint density at radius 3 is 3.29 bits per heavy atom. The van der Waals surface area contributed by atoms with Gasteiger partial charge in [0.05, 0.1) is 6.21 Å². The van der Waals surface area contributed by atoms with Crippen molar-refractivity contribution in [3.05, 3.63) is 23.8 Å². The van der Waals surface area contributed by atoms with E-state index in [1.54, 1.807) is 0 Å². The zero-order valence-electron chi connectivity index (χ0n) is 8.01. The van der Waals surface area contributed by atoms with Crippen molar-refractivity contribution in [2.45, 2.75) is 13.3 Å². The molecule has 0 saturated carbocycles. The first-order valence-corrected chi connectivity index (χ1v) is 4.44. The molecule has 1 rings (SSSR count). The van der Waals surface area contributed by atoms with Crippen molar-refractivity contribution in [3.8, 4) is 0 Å². The molecule has 0 bridgehead atoms. The van der Waals surface area contributed by atoms with Crippen molar-refractivity contribution in [3.63, 3.8) is 0 Å². The molecule has 1 atom stereocenters. The summed E-state index contributed by atoms with van der Waals surface area (Å²) in [7, 11) is 0. The van der Waals surface area contributed by atoms with Crippen molar-refractivity contribution >= 4 is 12.2 Å². The molecule has 0 spiro atoms. The standard InChI is InChI=1S/C10H13NO3/c1-8-3-2-4-9(5-8)6-11-14-7-10(12)13/h2,4-6,8H,3,7H2,1H3,(H,12,13)/b11-6+. The maximum Gasteiger partial charge on any atom is 0.344 e. The second kappa shape index (κ2) is 5.21. The van der Waals surface area contributed by atoms with Gasteiger partial charge in [0.1, 0.15) is 0 Å². The highest BCUT2D eigenvalue weighted by atomic mass is 16.6. The second-order valence-electron chi connectivity index (χ2n) is 3.18. The lowest BCUT2D eigenvalue weighted by Crippen LogP contribution is -2.03. The number of carboxylic acid groups (broad SMARTS) is 1. The quantitative estimate of drug-likeness (QED) is 0.547. The van der Waals surface area contributed by atoms with Crippen LogP contribution in [0.4, 0.5) is 0 Å². The van der Waals surface area contributed by atoms with Crippen molar-refractivity contribution in [2.24, 2.45) is 11.1 Å². The normalized spacial score (nSPS) is 20.9. The number of carbonyl (C=O) groups is 1. The number of aliphatic carboxylic acids is 1. The molecule has 4 heteroatoms. The molecule has 1 aliphatic carbocycles. The van der Waals surface area contributed by atoms with E-state index in [1.807, 2.05) is 6.08 Å². The first-order valence-electron chi connectivity index (χ1n) is 4.44. The van der Waals surface area contributed by atoms with Crippen LogP contribution in [-0.2, 0) is 9.63 Å². The lowest BCUT2D eigenvalue weighted by molar-refractivity contribution is -0.142. The maximum absolute atomic E-state index is 10.1. The van der Waals surface area contributed by atoms with Gasteiger partial charge in [0, 0.05) is 0 Å². The summed E-state index contributed by atoms with van der Waals surface area (Å²) >= 11 is 0. The van der Waals surface area contributed by atoms with Crippen LogP contribution in [0.3, 0.4) is 0 Å². The smallest absolute Gasteiger partial charge is 0.344 e. The molecule has 14 heavy (non-hydrogen) atoms. The molecule has 4 nitrogen and oxygen atoms in total. The first-order chi connectivity index (χ1) is 6.68. The SMILES string of the molecule is CC1C=C(/C=N/OCC(=O)O)C=CC1. The Hall–Kier alpha value is -1.58. The average molecular weight is 195 g/mol. The van der Waals surface area contributed by atoms with E-state index >= 15 is 0 Å². The van der Waals surface area contributed by atoms with E-state index in [1.165, 1.54) is 6.21 Å². The summed E-state index contributed by atoms with van der Waals surface area (Å²) in [4.78, 5) is 14.6. The Balaban J connectivity index is 2.36. The van der Waals surface area contributed by atoms with Crippen molar-refractivity contribution in [1.29, 1.82) is 0 Å². The number of oxime groups is 1. The number of hydrogen-bond acceptors (Lipinski definition) is 3. The monoisotopic (exact) mass is 195 g/mol. The zero-order chi connectivity index (χ0) is 10.4. The minimum Gasteiger partial charge on any atom is -0.479 e. The van der Waals surface area contributed by atoms with E-state index < -0.39 is 12.6 Å². The number of allylic oxidation sites excluding steroid dienone is 4. The van der Waals surface area contributed by atoms with E-state index in [-0.39, 0.29) is 0 Å². The third-order valence-corrected chi connectivity index (χ3v) is 1.76. The van der Waals surface area contributed by atoms with Gasteiger partial charge in [-0.2, -0.15) is 0 Å². The van der Waals surface area contributed by atoms with E-state index in [2.05, 4.69) is 29.1 Å². The summed E-state index contributed by atoms with van der Waals surface area (Å²) in [5, 5.41) is 11.8. The third-order valence-electron chi connectivity index (χ3n) is 1.76. The first kappa shape index (κ1) is 10.5. The molecule has 76 valence electrons. The molecule has 1 unspecified atom stereocenters. The minimum atomic E-state index is -1.02. The summed E-state index contributed by atoms with van der Waals surface area (Å²) in [6.07, 6.45) is 8.62. The van der Waals surface area contributed by atoms with Gasteiger partial charge in [-0.15, -0.1) is 0 Å². The number of hydrogen-bond donors (Lipinski definition) is 1. The van der Waals surface area contributed by atoms with Crippen LogP contribution >= 0.6 is 0 Å². The fourth-order valence-electron chi connectivity index (χ4n) is 1.15. The Kier molecular flexibility index (Phi) is 3.91. The highest BCUT2D eigenvalue weighted by molar-refractivity contribution is 5.82. The summed E-state index contributed by atoms with van der Waals surface area (Å²) in [6.45, 7) is 1.71. The van der Waals surface area contributed by atoms with Crippen molar-refractivity contribution in [1.82, 2.24) is 0 Å². The summed E-state index contributed by atoms with van der Waals surface area (Å²) in [5.74, 6) is -0.524. The highest BCUT2D eigenvalue weighted by Gasteiger charge is 2.01. The summed E-state index contributed by atoms with van der Waals surface area (Å²) in [6, 6.07) is 0. The van der Waals surface area contributed by atoms with Gasteiger partial charge in [0.25, 0.3) is 0 Å². The van der Waals surface area contributed by atoms with Crippen molar-refractivity contribution in [2.75, 3.05) is 6.61 Å². The van der Waals surface area contributed by atoms with E-state index in [0.29, 0.717) is 5.92 Å². The van der Waals surface area contributed by atoms with Crippen LogP contribution in [0.1, 0.15) is 13.3 Å². The van der Waals surface area contributed by atoms with E-state index in [9.17, 15) is 4.79 Å². The zero-order valence-corrected chi connectivity index (χ0v) is 8.01. The Morgan fingerprint density at radius 1 is 1.86 bits per heavy atom. The Bertz CT molecular complexity index is 292. The van der Waals surface area contributed by atoms with Crippen LogP contribution in [0.2, 0.25) is 0 Å². The fraction of sp³-hybridized carbons (Fsp3) is 0.400. The van der Waals surface area contributed by atoms with Crippen LogP contribution in [0.15, 0.2) is 29.0 Å². The van der Waals surface area contributed by atoms with E-state index in [0.717, 1.165) is 12.0 Å². The minimum absolute atomic E-state index is 0.400. The second-order valence-corrected chi connectivity index (χ2v) is 3.18. The largest absolute Gasteiger partial charge is 0.479 e. The van der Waals surface area contributed by atoms with Crippen LogP contribution in [0, 0.1) is 5.92 Å². The molecule has 0 aromatic carbocycles. The molecule has 0 fully saturated rings. The van der Waals surface area contributed by atoms with Gasteiger partial charge in [-0.25, -0.2) is 4.79 Å². The lowest BCUT2D eigenvalue weighted by atomic mass is 9.99. The van der Waals surface area contributed by atoms with Gasteiger partial charge in [-0.3, -0.25) is 0 Å². The average Bonchev–Trinajstić information content (AvgIpc) is 2.12. The summed E-state index contributed by atoms with van der Waals surface area (Å²) in [5.41, 5.74) is 0.953. The molecule has 0 radical (unpaired) electrons. The van der Waals surface area contributed by atoms with Crippen molar-refractivity contribution < 1.29 is 14.7 Å². The molecule has 0 amide bonds. The van der Waals surface area contributed by atoms with Crippen LogP contribution < -0.4 is 0 Å². The van der Waals surface area contributed by atoms with Crippen LogP contribution in [0.25, 0.3) is 0 Å². The molecule has 1 N–H and O–H groups in total. The van der Waals surface area contributed by atoms with Gasteiger partial charge in [0.15, 0.2) is 0 Å². The topological polar surface area (TPSA) is 58.9 Å². The van der Waals surface area contributed by atoms with Crippen LogP contribution in [0.5, 0.6) is 0 Å².